The highest BCUT2D eigenvalue weighted by molar-refractivity contribution is 5.35. The predicted octanol–water partition coefficient (Wildman–Crippen LogP) is 2.69. The van der Waals surface area contributed by atoms with E-state index >= 15 is 0 Å². The van der Waals surface area contributed by atoms with Crippen LogP contribution in [0, 0.1) is 0 Å². The summed E-state index contributed by atoms with van der Waals surface area (Å²) >= 11 is 0. The third-order valence-corrected chi connectivity index (χ3v) is 3.13. The molecule has 1 aromatic rings. The topological polar surface area (TPSA) is 39.1 Å². The largest absolute Gasteiger partial charge is 0.380 e. The van der Waals surface area contributed by atoms with Crippen molar-refractivity contribution in [3.05, 3.63) is 12.3 Å². The van der Waals surface area contributed by atoms with Crippen molar-refractivity contribution < 1.29 is 4.74 Å². The molecule has 0 amide bonds. The average molecular weight is 225 g/mol. The van der Waals surface area contributed by atoms with Gasteiger partial charge >= 0.3 is 0 Å². The summed E-state index contributed by atoms with van der Waals surface area (Å²) in [4.78, 5) is 0. The first-order valence-electron chi connectivity index (χ1n) is 5.93. The number of hydrogen-bond donors (Lipinski definition) is 1. The molecule has 1 aromatic heterocycles. The summed E-state index contributed by atoms with van der Waals surface area (Å²) in [6, 6.07) is 2.69. The van der Waals surface area contributed by atoms with Gasteiger partial charge in [0.05, 0.1) is 24.4 Å². The van der Waals surface area contributed by atoms with Crippen LogP contribution in [0.5, 0.6) is 0 Å². The number of nitrogens with one attached hydrogen (secondary N) is 1. The van der Waals surface area contributed by atoms with E-state index in [2.05, 4.69) is 38.1 Å². The third-order valence-electron chi connectivity index (χ3n) is 3.13. The number of nitrogens with zero attached hydrogens (tertiary/aromatic N) is 2. The molecule has 4 heteroatoms. The number of methoxy groups -OCH3 is 1. The van der Waals surface area contributed by atoms with Crippen LogP contribution in [0.15, 0.2) is 12.3 Å². The molecule has 1 N–H and O–H groups in total. The lowest BCUT2D eigenvalue weighted by atomic mass is 10.2. The molecule has 0 aliphatic heterocycles. The zero-order chi connectivity index (χ0) is 12.1. The maximum atomic E-state index is 5.30. The summed E-state index contributed by atoms with van der Waals surface area (Å²) in [5, 5.41) is 7.77. The van der Waals surface area contributed by atoms with E-state index in [-0.39, 0.29) is 12.1 Å². The fourth-order valence-corrected chi connectivity index (χ4v) is 1.51. The Morgan fingerprint density at radius 2 is 2.12 bits per heavy atom. The lowest BCUT2D eigenvalue weighted by molar-refractivity contribution is 0.106. The van der Waals surface area contributed by atoms with E-state index in [4.69, 9.17) is 4.74 Å². The first-order valence-corrected chi connectivity index (χ1v) is 5.93. The Labute approximate surface area is 98.0 Å². The fraction of sp³-hybridized carbons (Fsp3) is 0.750. The van der Waals surface area contributed by atoms with Crippen LogP contribution in [0.2, 0.25) is 0 Å². The molecule has 0 aliphatic rings. The molecule has 92 valence electrons. The molecular weight excluding hydrogens is 202 g/mol. The van der Waals surface area contributed by atoms with Crippen LogP contribution in [0.3, 0.4) is 0 Å². The molecule has 16 heavy (non-hydrogen) atoms. The van der Waals surface area contributed by atoms with Gasteiger partial charge in [0.25, 0.3) is 0 Å². The lowest BCUT2D eigenvalue weighted by Gasteiger charge is -2.22. The van der Waals surface area contributed by atoms with Crippen LogP contribution in [-0.4, -0.2) is 29.0 Å². The summed E-state index contributed by atoms with van der Waals surface area (Å²) < 4.78 is 7.32. The van der Waals surface area contributed by atoms with Gasteiger partial charge < -0.3 is 10.1 Å². The van der Waals surface area contributed by atoms with Gasteiger partial charge in [-0.05, 0) is 27.2 Å². The van der Waals surface area contributed by atoms with Gasteiger partial charge in [-0.25, -0.2) is 4.68 Å². The van der Waals surface area contributed by atoms with Gasteiger partial charge in [0.1, 0.15) is 5.82 Å². The van der Waals surface area contributed by atoms with E-state index in [0.29, 0.717) is 6.04 Å². The molecule has 3 atom stereocenters. The zero-order valence-corrected chi connectivity index (χ0v) is 10.9. The van der Waals surface area contributed by atoms with Crippen molar-refractivity contribution >= 4 is 5.82 Å². The Morgan fingerprint density at radius 1 is 1.44 bits per heavy atom. The predicted molar refractivity (Wildman–Crippen MR) is 66.8 cm³/mol. The molecule has 0 spiro atoms. The summed E-state index contributed by atoms with van der Waals surface area (Å²) in [7, 11) is 1.73. The highest BCUT2D eigenvalue weighted by atomic mass is 16.5. The molecule has 1 heterocycles. The van der Waals surface area contributed by atoms with Crippen molar-refractivity contribution in [1.82, 2.24) is 9.78 Å². The van der Waals surface area contributed by atoms with Gasteiger partial charge in [-0.1, -0.05) is 6.92 Å². The Hall–Kier alpha value is -1.03. The molecular formula is C12H23N3O. The van der Waals surface area contributed by atoms with Gasteiger partial charge in [0, 0.05) is 13.2 Å². The van der Waals surface area contributed by atoms with Crippen LogP contribution in [0.4, 0.5) is 5.82 Å². The van der Waals surface area contributed by atoms with E-state index in [1.54, 1.807) is 7.11 Å². The highest BCUT2D eigenvalue weighted by Gasteiger charge is 2.14. The minimum Gasteiger partial charge on any atom is -0.380 e. The molecule has 4 nitrogen and oxygen atoms in total. The highest BCUT2D eigenvalue weighted by Crippen LogP contribution is 2.17. The van der Waals surface area contributed by atoms with E-state index in [1.165, 1.54) is 0 Å². The maximum absolute atomic E-state index is 5.30. The van der Waals surface area contributed by atoms with Crippen molar-refractivity contribution in [1.29, 1.82) is 0 Å². The molecule has 0 aromatic carbocycles. The Morgan fingerprint density at radius 3 is 2.69 bits per heavy atom. The SMILES string of the molecule is CCC(C)n1nccc1NC(C)C(C)OC. The molecule has 0 fully saturated rings. The fourth-order valence-electron chi connectivity index (χ4n) is 1.51. The van der Waals surface area contributed by atoms with Crippen LogP contribution in [0.1, 0.15) is 40.2 Å². The van der Waals surface area contributed by atoms with Gasteiger partial charge in [0.2, 0.25) is 0 Å². The molecule has 0 saturated heterocycles. The van der Waals surface area contributed by atoms with E-state index in [1.807, 2.05) is 16.9 Å². The average Bonchev–Trinajstić information content (AvgIpc) is 2.74. The minimum absolute atomic E-state index is 0.181. The molecule has 1 rings (SSSR count). The van der Waals surface area contributed by atoms with E-state index in [0.717, 1.165) is 12.2 Å². The van der Waals surface area contributed by atoms with Crippen molar-refractivity contribution in [2.45, 2.75) is 52.3 Å². The Balaban J connectivity index is 2.70. The monoisotopic (exact) mass is 225 g/mol. The summed E-state index contributed by atoms with van der Waals surface area (Å²) in [5.74, 6) is 1.06. The quantitative estimate of drug-likeness (QED) is 0.809. The Kier molecular flexibility index (Phi) is 4.80. The van der Waals surface area contributed by atoms with Gasteiger partial charge in [0.15, 0.2) is 0 Å². The second kappa shape index (κ2) is 5.89. The zero-order valence-electron chi connectivity index (χ0n) is 10.9. The van der Waals surface area contributed by atoms with Crippen molar-refractivity contribution in [3.63, 3.8) is 0 Å². The molecule has 0 saturated carbocycles. The lowest BCUT2D eigenvalue weighted by Crippen LogP contribution is -2.31. The summed E-state index contributed by atoms with van der Waals surface area (Å²) in [6.45, 7) is 8.50. The van der Waals surface area contributed by atoms with Gasteiger partial charge in [-0.15, -0.1) is 0 Å². The minimum atomic E-state index is 0.181. The van der Waals surface area contributed by atoms with Crippen LogP contribution >= 0.6 is 0 Å². The second-order valence-electron chi connectivity index (χ2n) is 4.29. The third kappa shape index (κ3) is 2.98. The van der Waals surface area contributed by atoms with E-state index in [9.17, 15) is 0 Å². The number of aromatic nitrogens is 2. The maximum Gasteiger partial charge on any atom is 0.124 e. The van der Waals surface area contributed by atoms with Gasteiger partial charge in [-0.2, -0.15) is 5.10 Å². The first-order chi connectivity index (χ1) is 7.60. The number of anilines is 1. The summed E-state index contributed by atoms with van der Waals surface area (Å²) in [5.41, 5.74) is 0. The second-order valence-corrected chi connectivity index (χ2v) is 4.29. The smallest absolute Gasteiger partial charge is 0.124 e. The number of rotatable bonds is 6. The molecule has 0 radical (unpaired) electrons. The number of ether oxygens (including phenoxy) is 1. The van der Waals surface area contributed by atoms with Crippen LogP contribution in [0.25, 0.3) is 0 Å². The molecule has 0 bridgehead atoms. The standard InChI is InChI=1S/C12H23N3O/c1-6-9(2)15-12(7-8-13-15)14-10(3)11(4)16-5/h7-11,14H,6H2,1-5H3. The Bertz CT molecular complexity index is 311. The van der Waals surface area contributed by atoms with Crippen molar-refractivity contribution in [2.24, 2.45) is 0 Å². The van der Waals surface area contributed by atoms with Crippen LogP contribution in [-0.2, 0) is 4.74 Å². The van der Waals surface area contributed by atoms with Crippen molar-refractivity contribution in [2.75, 3.05) is 12.4 Å². The van der Waals surface area contributed by atoms with Crippen LogP contribution < -0.4 is 5.32 Å². The van der Waals surface area contributed by atoms with Crippen molar-refractivity contribution in [3.8, 4) is 0 Å². The van der Waals surface area contributed by atoms with Gasteiger partial charge in [-0.3, -0.25) is 0 Å². The first kappa shape index (κ1) is 13.0. The number of hydrogen-bond acceptors (Lipinski definition) is 3. The normalized spacial score (nSPS) is 16.8. The molecule has 0 aliphatic carbocycles. The summed E-state index contributed by atoms with van der Waals surface area (Å²) in [6.07, 6.45) is 3.09. The van der Waals surface area contributed by atoms with E-state index < -0.39 is 0 Å². The molecule has 3 unspecified atom stereocenters.